The first-order valence-corrected chi connectivity index (χ1v) is 10.9. The molecule has 0 saturated heterocycles. The fraction of sp³-hybridized carbons (Fsp3) is 0.0833. The fourth-order valence-corrected chi connectivity index (χ4v) is 5.73. The molecule has 1 aromatic heterocycles. The minimum atomic E-state index is -3.73. The van der Waals surface area contributed by atoms with Gasteiger partial charge in [0.25, 0.3) is 0 Å². The van der Waals surface area contributed by atoms with E-state index in [0.29, 0.717) is 15.3 Å². The first-order valence-electron chi connectivity index (χ1n) is 9.42. The summed E-state index contributed by atoms with van der Waals surface area (Å²) in [5.41, 5.74) is 2.57. The topological polar surface area (TPSA) is 53.2 Å². The molecule has 0 radical (unpaired) electrons. The van der Waals surface area contributed by atoms with Crippen LogP contribution in [-0.2, 0) is 9.84 Å². The molecule has 0 bridgehead atoms. The third kappa shape index (κ3) is 2.62. The van der Waals surface area contributed by atoms with Crippen LogP contribution in [0.5, 0.6) is 0 Å². The number of benzene rings is 4. The maximum Gasteiger partial charge on any atom is 0.209 e. The molecular weight excluding hydrogens is 380 g/mol. The summed E-state index contributed by atoms with van der Waals surface area (Å²) in [5.74, 6) is 0. The molecule has 0 unspecified atom stereocenters. The molecule has 1 N–H and O–H groups in total. The molecule has 0 fully saturated rings. The van der Waals surface area contributed by atoms with Gasteiger partial charge in [-0.05, 0) is 24.3 Å². The van der Waals surface area contributed by atoms with Crippen molar-refractivity contribution in [3.8, 4) is 0 Å². The van der Waals surface area contributed by atoms with E-state index in [9.17, 15) is 8.42 Å². The lowest BCUT2D eigenvalue weighted by molar-refractivity contribution is 0.597. The summed E-state index contributed by atoms with van der Waals surface area (Å²) in [5, 5.41) is 3.58. The molecule has 0 amide bonds. The monoisotopic (exact) mass is 400 g/mol. The number of hydrogen-bond acceptors (Lipinski definition) is 3. The number of hydrogen-bond donors (Lipinski definition) is 1. The largest absolute Gasteiger partial charge is 0.377 e. The predicted octanol–water partition coefficient (Wildman–Crippen LogP) is 5.37. The van der Waals surface area contributed by atoms with Gasteiger partial charge in [-0.1, -0.05) is 54.6 Å². The first kappa shape index (κ1) is 17.8. The predicted molar refractivity (Wildman–Crippen MR) is 120 cm³/mol. The Hall–Kier alpha value is -3.31. The molecule has 0 atom stereocenters. The molecular formula is C24H20N2O2S. The number of para-hydroxylation sites is 2. The van der Waals surface area contributed by atoms with E-state index in [4.69, 9.17) is 0 Å². The molecule has 5 rings (SSSR count). The third-order valence-corrected chi connectivity index (χ3v) is 7.28. The van der Waals surface area contributed by atoms with Crippen LogP contribution in [-0.4, -0.2) is 27.5 Å². The smallest absolute Gasteiger partial charge is 0.209 e. The Bertz CT molecular complexity index is 1500. The zero-order chi connectivity index (χ0) is 20.2. The number of nitrogens with one attached hydrogen (secondary N) is 1. The lowest BCUT2D eigenvalue weighted by Gasteiger charge is -2.17. The van der Waals surface area contributed by atoms with E-state index < -0.39 is 9.84 Å². The van der Waals surface area contributed by atoms with Gasteiger partial charge in [-0.25, -0.2) is 8.42 Å². The molecule has 0 aliphatic heterocycles. The number of nitrogens with zero attached hydrogens (tertiary/aromatic N) is 1. The van der Waals surface area contributed by atoms with E-state index in [1.54, 1.807) is 12.1 Å². The maximum atomic E-state index is 13.8. The van der Waals surface area contributed by atoms with Gasteiger partial charge in [0.1, 0.15) is 0 Å². The van der Waals surface area contributed by atoms with E-state index in [-0.39, 0.29) is 0 Å². The zero-order valence-corrected chi connectivity index (χ0v) is 17.0. The van der Waals surface area contributed by atoms with E-state index >= 15 is 0 Å². The maximum absolute atomic E-state index is 13.8. The van der Waals surface area contributed by atoms with Crippen molar-refractivity contribution in [2.45, 2.75) is 9.79 Å². The van der Waals surface area contributed by atoms with Gasteiger partial charge in [-0.15, -0.1) is 0 Å². The molecule has 4 nitrogen and oxygen atoms in total. The van der Waals surface area contributed by atoms with E-state index in [1.807, 2.05) is 85.7 Å². The van der Waals surface area contributed by atoms with Crippen LogP contribution in [0.3, 0.4) is 0 Å². The lowest BCUT2D eigenvalue weighted by Crippen LogP contribution is -2.10. The molecule has 5 heteroatoms. The van der Waals surface area contributed by atoms with Crippen LogP contribution < -0.4 is 4.90 Å². The second-order valence-corrected chi connectivity index (χ2v) is 9.26. The summed E-state index contributed by atoms with van der Waals surface area (Å²) in [4.78, 5) is 5.93. The van der Waals surface area contributed by atoms with E-state index in [0.717, 1.165) is 32.7 Å². The normalized spacial score (nSPS) is 12.1. The molecule has 29 heavy (non-hydrogen) atoms. The van der Waals surface area contributed by atoms with E-state index in [2.05, 4.69) is 4.98 Å². The highest BCUT2D eigenvalue weighted by Gasteiger charge is 2.24. The first-order chi connectivity index (χ1) is 14.0. The molecule has 0 saturated carbocycles. The van der Waals surface area contributed by atoms with Crippen LogP contribution >= 0.6 is 0 Å². The minimum absolute atomic E-state index is 0.300. The number of H-pyrrole nitrogens is 1. The third-order valence-electron chi connectivity index (χ3n) is 5.42. The molecule has 4 aromatic carbocycles. The number of sulfone groups is 1. The highest BCUT2D eigenvalue weighted by molar-refractivity contribution is 7.92. The van der Waals surface area contributed by atoms with Gasteiger partial charge in [0.15, 0.2) is 0 Å². The van der Waals surface area contributed by atoms with Crippen LogP contribution in [0.15, 0.2) is 88.7 Å². The average Bonchev–Trinajstić information content (AvgIpc) is 3.11. The molecule has 144 valence electrons. The Morgan fingerprint density at radius 1 is 0.655 bits per heavy atom. The van der Waals surface area contributed by atoms with Gasteiger partial charge in [0.2, 0.25) is 9.84 Å². The van der Waals surface area contributed by atoms with E-state index in [1.165, 1.54) is 0 Å². The average molecular weight is 401 g/mol. The van der Waals surface area contributed by atoms with Crippen molar-refractivity contribution in [1.82, 2.24) is 4.98 Å². The summed E-state index contributed by atoms with van der Waals surface area (Å²) >= 11 is 0. The van der Waals surface area contributed by atoms with Crippen LogP contribution in [0.4, 0.5) is 5.69 Å². The summed E-state index contributed by atoms with van der Waals surface area (Å²) in [7, 11) is 0.187. The highest BCUT2D eigenvalue weighted by atomic mass is 32.2. The van der Waals surface area contributed by atoms with Gasteiger partial charge in [-0.2, -0.15) is 0 Å². The minimum Gasteiger partial charge on any atom is -0.377 e. The molecule has 0 spiro atoms. The Morgan fingerprint density at radius 2 is 1.28 bits per heavy atom. The van der Waals surface area contributed by atoms with Crippen molar-refractivity contribution < 1.29 is 8.42 Å². The van der Waals surface area contributed by atoms with Gasteiger partial charge < -0.3 is 9.88 Å². The number of fused-ring (bicyclic) bond motifs is 4. The standard InChI is InChI=1S/C24H20N2O2S/c1-26(2)21-13-5-10-18-17(21)9-6-14-22(18)29(27,28)23-15-7-11-19-16-8-3-4-12-20(16)25-24(19)23/h3-15,25H,1-2H3. The van der Waals surface area contributed by atoms with Crippen LogP contribution in [0, 0.1) is 0 Å². The van der Waals surface area contributed by atoms with Crippen molar-refractivity contribution in [2.24, 2.45) is 0 Å². The molecule has 0 aliphatic rings. The number of rotatable bonds is 3. The SMILES string of the molecule is CN(C)c1cccc2c(S(=O)(=O)c3cccc4c3[nH]c3ccccc34)cccc12. The van der Waals surface area contributed by atoms with Crippen LogP contribution in [0.2, 0.25) is 0 Å². The number of anilines is 1. The van der Waals surface area contributed by atoms with Gasteiger partial charge in [0.05, 0.1) is 15.3 Å². The molecule has 5 aromatic rings. The number of aromatic nitrogens is 1. The van der Waals surface area contributed by atoms with Gasteiger partial charge in [-0.3, -0.25) is 0 Å². The summed E-state index contributed by atoms with van der Waals surface area (Å²) in [6, 6.07) is 24.6. The Morgan fingerprint density at radius 3 is 2.07 bits per heavy atom. The lowest BCUT2D eigenvalue weighted by atomic mass is 10.1. The quantitative estimate of drug-likeness (QED) is 0.443. The van der Waals surface area contributed by atoms with Crippen molar-refractivity contribution >= 4 is 48.1 Å². The van der Waals surface area contributed by atoms with Crippen LogP contribution in [0.25, 0.3) is 32.6 Å². The molecule has 0 aliphatic carbocycles. The summed E-state index contributed by atoms with van der Waals surface area (Å²) in [6.45, 7) is 0. The number of aromatic amines is 1. The van der Waals surface area contributed by atoms with Gasteiger partial charge in [0, 0.05) is 46.8 Å². The summed E-state index contributed by atoms with van der Waals surface area (Å²) < 4.78 is 27.6. The van der Waals surface area contributed by atoms with Crippen molar-refractivity contribution in [1.29, 1.82) is 0 Å². The summed E-state index contributed by atoms with van der Waals surface area (Å²) in [6.07, 6.45) is 0. The Balaban J connectivity index is 1.83. The van der Waals surface area contributed by atoms with Crippen molar-refractivity contribution in [3.63, 3.8) is 0 Å². The second kappa shape index (κ2) is 6.36. The Labute approximate surface area is 169 Å². The van der Waals surface area contributed by atoms with Crippen molar-refractivity contribution in [2.75, 3.05) is 19.0 Å². The second-order valence-electron chi connectivity index (χ2n) is 7.38. The highest BCUT2D eigenvalue weighted by Crippen LogP contribution is 2.36. The molecule has 1 heterocycles. The zero-order valence-electron chi connectivity index (χ0n) is 16.2. The van der Waals surface area contributed by atoms with Crippen LogP contribution in [0.1, 0.15) is 0 Å². The van der Waals surface area contributed by atoms with Gasteiger partial charge >= 0.3 is 0 Å². The Kier molecular flexibility index (Phi) is 3.89. The van der Waals surface area contributed by atoms with Crippen molar-refractivity contribution in [3.05, 3.63) is 78.9 Å². The fourth-order valence-electron chi connectivity index (χ4n) is 4.08.